The Morgan fingerprint density at radius 2 is 1.85 bits per heavy atom. The summed E-state index contributed by atoms with van der Waals surface area (Å²) in [6.07, 6.45) is 5.18. The molecule has 0 saturated carbocycles. The molecule has 1 aromatic carbocycles. The van der Waals surface area contributed by atoms with Crippen molar-refractivity contribution in [1.82, 2.24) is 18.8 Å². The summed E-state index contributed by atoms with van der Waals surface area (Å²) in [6, 6.07) is 9.37. The lowest BCUT2D eigenvalue weighted by molar-refractivity contribution is -0.133. The highest BCUT2D eigenvalue weighted by atomic mass is 32.2. The molecule has 0 aliphatic carbocycles. The van der Waals surface area contributed by atoms with Gasteiger partial charge in [-0.1, -0.05) is 30.3 Å². The zero-order valence-corrected chi connectivity index (χ0v) is 16.2. The summed E-state index contributed by atoms with van der Waals surface area (Å²) in [5, 5.41) is 0. The standard InChI is InChI=1S/C18H25N5O3S/c1-27(25,26)23-9-7-22(8-10-23)18(24)17(19)11-16-13-21(14-20-16)12-15-5-3-2-4-6-15/h2-6,13-14,17H,7-12,19H2,1H3/t17-/m0/s1. The van der Waals surface area contributed by atoms with Crippen molar-refractivity contribution in [2.24, 2.45) is 5.73 Å². The number of hydrogen-bond acceptors (Lipinski definition) is 5. The number of piperazine rings is 1. The highest BCUT2D eigenvalue weighted by molar-refractivity contribution is 7.88. The predicted molar refractivity (Wildman–Crippen MR) is 102 cm³/mol. The molecule has 1 atom stereocenters. The Kier molecular flexibility index (Phi) is 5.93. The third-order valence-electron chi connectivity index (χ3n) is 4.66. The Labute approximate surface area is 159 Å². The molecule has 1 saturated heterocycles. The lowest BCUT2D eigenvalue weighted by atomic mass is 10.1. The van der Waals surface area contributed by atoms with Crippen molar-refractivity contribution in [1.29, 1.82) is 0 Å². The highest BCUT2D eigenvalue weighted by Crippen LogP contribution is 2.10. The molecular weight excluding hydrogens is 366 g/mol. The van der Waals surface area contributed by atoms with Gasteiger partial charge in [0.1, 0.15) is 0 Å². The largest absolute Gasteiger partial charge is 0.339 e. The summed E-state index contributed by atoms with van der Waals surface area (Å²) in [4.78, 5) is 18.5. The number of aromatic nitrogens is 2. The van der Waals surface area contributed by atoms with E-state index in [0.717, 1.165) is 5.69 Å². The smallest absolute Gasteiger partial charge is 0.239 e. The van der Waals surface area contributed by atoms with Crippen LogP contribution in [0.3, 0.4) is 0 Å². The van der Waals surface area contributed by atoms with Crippen LogP contribution in [0.4, 0.5) is 0 Å². The minimum atomic E-state index is -3.22. The van der Waals surface area contributed by atoms with E-state index >= 15 is 0 Å². The molecule has 2 aromatic rings. The van der Waals surface area contributed by atoms with Gasteiger partial charge in [-0.05, 0) is 5.56 Å². The third kappa shape index (κ3) is 5.15. The molecular formula is C18H25N5O3S. The van der Waals surface area contributed by atoms with Crippen LogP contribution >= 0.6 is 0 Å². The van der Waals surface area contributed by atoms with Gasteiger partial charge in [-0.25, -0.2) is 13.4 Å². The van der Waals surface area contributed by atoms with E-state index in [1.807, 2.05) is 41.1 Å². The number of sulfonamides is 1. The Morgan fingerprint density at radius 1 is 1.19 bits per heavy atom. The molecule has 9 heteroatoms. The number of nitrogens with two attached hydrogens (primary N) is 1. The Hall–Kier alpha value is -2.23. The van der Waals surface area contributed by atoms with E-state index in [1.165, 1.54) is 16.1 Å². The van der Waals surface area contributed by atoms with Crippen LogP contribution in [-0.4, -0.2) is 71.6 Å². The average molecular weight is 391 g/mol. The van der Waals surface area contributed by atoms with Crippen molar-refractivity contribution in [2.45, 2.75) is 19.0 Å². The zero-order valence-electron chi connectivity index (χ0n) is 15.4. The molecule has 1 fully saturated rings. The van der Waals surface area contributed by atoms with Gasteiger partial charge in [0.05, 0.1) is 24.3 Å². The first-order valence-corrected chi connectivity index (χ1v) is 10.7. The number of nitrogens with zero attached hydrogens (tertiary/aromatic N) is 4. The van der Waals surface area contributed by atoms with Gasteiger partial charge in [0.15, 0.2) is 0 Å². The second kappa shape index (κ2) is 8.20. The number of benzene rings is 1. The lowest BCUT2D eigenvalue weighted by Crippen LogP contribution is -2.54. The van der Waals surface area contributed by atoms with Gasteiger partial charge in [-0.15, -0.1) is 0 Å². The van der Waals surface area contributed by atoms with E-state index < -0.39 is 16.1 Å². The molecule has 0 bridgehead atoms. The summed E-state index contributed by atoms with van der Waals surface area (Å²) >= 11 is 0. The number of carbonyl (C=O) groups excluding carboxylic acids is 1. The monoisotopic (exact) mass is 391 g/mol. The normalized spacial score (nSPS) is 17.0. The second-order valence-electron chi connectivity index (χ2n) is 6.82. The summed E-state index contributed by atoms with van der Waals surface area (Å²) in [5.74, 6) is -0.166. The van der Waals surface area contributed by atoms with Crippen LogP contribution in [0.15, 0.2) is 42.9 Å². The number of imidazole rings is 1. The zero-order chi connectivity index (χ0) is 19.4. The topological polar surface area (TPSA) is 102 Å². The van der Waals surface area contributed by atoms with Crippen LogP contribution in [-0.2, 0) is 27.8 Å². The molecule has 27 heavy (non-hydrogen) atoms. The van der Waals surface area contributed by atoms with Crippen molar-refractivity contribution in [3.05, 3.63) is 54.1 Å². The molecule has 2 N–H and O–H groups in total. The average Bonchev–Trinajstić information content (AvgIpc) is 3.08. The fourth-order valence-corrected chi connectivity index (χ4v) is 4.01. The Morgan fingerprint density at radius 3 is 2.48 bits per heavy atom. The fourth-order valence-electron chi connectivity index (χ4n) is 3.18. The van der Waals surface area contributed by atoms with Crippen LogP contribution in [0.2, 0.25) is 0 Å². The van der Waals surface area contributed by atoms with E-state index in [9.17, 15) is 13.2 Å². The summed E-state index contributed by atoms with van der Waals surface area (Å²) < 4.78 is 26.5. The van der Waals surface area contributed by atoms with Crippen LogP contribution in [0.25, 0.3) is 0 Å². The molecule has 0 unspecified atom stereocenters. The summed E-state index contributed by atoms with van der Waals surface area (Å²) in [7, 11) is -3.22. The van der Waals surface area contributed by atoms with E-state index in [0.29, 0.717) is 39.1 Å². The quantitative estimate of drug-likeness (QED) is 0.741. The SMILES string of the molecule is CS(=O)(=O)N1CCN(C(=O)[C@@H](N)Cc2cn(Cc3ccccc3)cn2)CC1. The van der Waals surface area contributed by atoms with Gasteiger partial charge in [0, 0.05) is 45.3 Å². The van der Waals surface area contributed by atoms with Crippen LogP contribution < -0.4 is 5.73 Å². The first kappa shape index (κ1) is 19.5. The molecule has 146 valence electrons. The Bertz CT molecular complexity index is 873. The van der Waals surface area contributed by atoms with Gasteiger partial charge in [0.2, 0.25) is 15.9 Å². The summed E-state index contributed by atoms with van der Waals surface area (Å²) in [5.41, 5.74) is 8.03. The molecule has 1 aromatic heterocycles. The van der Waals surface area contributed by atoms with Gasteiger partial charge >= 0.3 is 0 Å². The minimum absolute atomic E-state index is 0.166. The molecule has 0 spiro atoms. The van der Waals surface area contributed by atoms with Crippen LogP contribution in [0, 0.1) is 0 Å². The first-order chi connectivity index (χ1) is 12.8. The van der Waals surface area contributed by atoms with Gasteiger partial charge in [-0.3, -0.25) is 4.79 Å². The van der Waals surface area contributed by atoms with E-state index in [-0.39, 0.29) is 5.91 Å². The summed E-state index contributed by atoms with van der Waals surface area (Å²) in [6.45, 7) is 2.06. The molecule has 0 radical (unpaired) electrons. The first-order valence-electron chi connectivity index (χ1n) is 8.87. The maximum Gasteiger partial charge on any atom is 0.239 e. The van der Waals surface area contributed by atoms with Gasteiger partial charge in [0.25, 0.3) is 0 Å². The Balaban J connectivity index is 1.53. The van der Waals surface area contributed by atoms with Crippen LogP contribution in [0.1, 0.15) is 11.3 Å². The van der Waals surface area contributed by atoms with Gasteiger partial charge < -0.3 is 15.2 Å². The third-order valence-corrected chi connectivity index (χ3v) is 5.96. The molecule has 8 nitrogen and oxygen atoms in total. The molecule has 1 amide bonds. The molecule has 2 heterocycles. The highest BCUT2D eigenvalue weighted by Gasteiger charge is 2.28. The maximum atomic E-state index is 12.6. The van der Waals surface area contributed by atoms with E-state index in [2.05, 4.69) is 4.98 Å². The molecule has 1 aliphatic heterocycles. The van der Waals surface area contributed by atoms with Crippen molar-refractivity contribution in [2.75, 3.05) is 32.4 Å². The van der Waals surface area contributed by atoms with Crippen molar-refractivity contribution in [3.63, 3.8) is 0 Å². The maximum absolute atomic E-state index is 12.6. The second-order valence-corrected chi connectivity index (χ2v) is 8.80. The number of carbonyl (C=O) groups is 1. The number of amides is 1. The van der Waals surface area contributed by atoms with E-state index in [4.69, 9.17) is 5.73 Å². The lowest BCUT2D eigenvalue weighted by Gasteiger charge is -2.34. The van der Waals surface area contributed by atoms with Crippen molar-refractivity contribution < 1.29 is 13.2 Å². The fraction of sp³-hybridized carbons (Fsp3) is 0.444. The minimum Gasteiger partial charge on any atom is -0.339 e. The van der Waals surface area contributed by atoms with E-state index in [1.54, 1.807) is 11.2 Å². The number of rotatable bonds is 6. The molecule has 3 rings (SSSR count). The predicted octanol–water partition coefficient (Wildman–Crippen LogP) is -0.0950. The van der Waals surface area contributed by atoms with Gasteiger partial charge in [-0.2, -0.15) is 4.31 Å². The molecule has 1 aliphatic rings. The number of hydrogen-bond donors (Lipinski definition) is 1. The van der Waals surface area contributed by atoms with Crippen molar-refractivity contribution >= 4 is 15.9 Å². The van der Waals surface area contributed by atoms with Crippen molar-refractivity contribution in [3.8, 4) is 0 Å². The van der Waals surface area contributed by atoms with Crippen LogP contribution in [0.5, 0.6) is 0 Å².